The lowest BCUT2D eigenvalue weighted by molar-refractivity contribution is 0.0384. The van der Waals surface area contributed by atoms with Gasteiger partial charge < -0.3 is 4.90 Å². The van der Waals surface area contributed by atoms with E-state index in [1.54, 1.807) is 6.20 Å². The number of pyridine rings is 1. The Hall–Kier alpha value is -0.900. The van der Waals surface area contributed by atoms with Gasteiger partial charge >= 0.3 is 0 Å². The molecule has 0 N–H and O–H groups in total. The highest BCUT2D eigenvalue weighted by Gasteiger charge is 2.36. The molecule has 1 amide bonds. The predicted molar refractivity (Wildman–Crippen MR) is 78.0 cm³/mol. The van der Waals surface area contributed by atoms with Crippen molar-refractivity contribution >= 4 is 21.8 Å². The molecular formula is C15H19BrN2O. The maximum Gasteiger partial charge on any atom is 0.273 e. The van der Waals surface area contributed by atoms with E-state index in [0.29, 0.717) is 17.7 Å². The van der Waals surface area contributed by atoms with Gasteiger partial charge in [0.2, 0.25) is 0 Å². The molecule has 1 aliphatic carbocycles. The summed E-state index contributed by atoms with van der Waals surface area (Å²) >= 11 is 3.44. The minimum atomic E-state index is 0.101. The zero-order valence-electron chi connectivity index (χ0n) is 11.0. The molecule has 2 aliphatic rings. The van der Waals surface area contributed by atoms with Gasteiger partial charge in [-0.2, -0.15) is 0 Å². The van der Waals surface area contributed by atoms with Gasteiger partial charge in [-0.3, -0.25) is 4.79 Å². The quantitative estimate of drug-likeness (QED) is 0.790. The summed E-state index contributed by atoms with van der Waals surface area (Å²) in [5.74, 6) is 0.818. The van der Waals surface area contributed by atoms with E-state index in [4.69, 9.17) is 0 Å². The fourth-order valence-corrected chi connectivity index (χ4v) is 3.98. The lowest BCUT2D eigenvalue weighted by atomic mass is 9.78. The van der Waals surface area contributed by atoms with Crippen molar-refractivity contribution in [1.29, 1.82) is 0 Å². The molecule has 102 valence electrons. The Balaban J connectivity index is 1.84. The summed E-state index contributed by atoms with van der Waals surface area (Å²) in [6.07, 6.45) is 9.17. The molecule has 1 aromatic rings. The molecule has 0 bridgehead atoms. The Labute approximate surface area is 122 Å². The Morgan fingerprint density at radius 1 is 1.26 bits per heavy atom. The number of hydrogen-bond donors (Lipinski definition) is 0. The second kappa shape index (κ2) is 5.61. The molecule has 3 nitrogen and oxygen atoms in total. The lowest BCUT2D eigenvalue weighted by Crippen LogP contribution is -2.49. The first kappa shape index (κ1) is 13.1. The highest BCUT2D eigenvalue weighted by atomic mass is 79.9. The van der Waals surface area contributed by atoms with Crippen molar-refractivity contribution in [3.8, 4) is 0 Å². The van der Waals surface area contributed by atoms with Gasteiger partial charge in [0.25, 0.3) is 5.91 Å². The second-order valence-corrected chi connectivity index (χ2v) is 6.44. The van der Waals surface area contributed by atoms with Crippen molar-refractivity contribution in [3.05, 3.63) is 28.5 Å². The molecule has 1 saturated heterocycles. The van der Waals surface area contributed by atoms with Crippen LogP contribution in [-0.2, 0) is 0 Å². The summed E-state index contributed by atoms with van der Waals surface area (Å²) in [6.45, 7) is 0.892. The minimum Gasteiger partial charge on any atom is -0.334 e. The van der Waals surface area contributed by atoms with E-state index in [9.17, 15) is 4.79 Å². The standard InChI is InChI=1S/C15H19BrN2O/c16-12-7-3-9-17-14(12)15(19)18-10-4-6-11-5-1-2-8-13(11)18/h3,7,9,11,13H,1-2,4-6,8,10H2. The predicted octanol–water partition coefficient (Wildman–Crippen LogP) is 3.64. The Bertz CT molecular complexity index is 475. The summed E-state index contributed by atoms with van der Waals surface area (Å²) in [5.41, 5.74) is 0.564. The number of fused-ring (bicyclic) bond motifs is 1. The van der Waals surface area contributed by atoms with Gasteiger partial charge in [0.15, 0.2) is 0 Å². The zero-order chi connectivity index (χ0) is 13.2. The normalized spacial score (nSPS) is 26.9. The molecule has 1 aromatic heterocycles. The number of aromatic nitrogens is 1. The number of halogens is 1. The smallest absolute Gasteiger partial charge is 0.273 e. The molecule has 1 aliphatic heterocycles. The fraction of sp³-hybridized carbons (Fsp3) is 0.600. The average molecular weight is 323 g/mol. The highest BCUT2D eigenvalue weighted by Crippen LogP contribution is 2.36. The molecule has 19 heavy (non-hydrogen) atoms. The highest BCUT2D eigenvalue weighted by molar-refractivity contribution is 9.10. The van der Waals surface area contributed by atoms with E-state index in [-0.39, 0.29) is 5.91 Å². The summed E-state index contributed by atoms with van der Waals surface area (Å²) in [4.78, 5) is 19.0. The first-order chi connectivity index (χ1) is 9.27. The molecule has 0 aromatic carbocycles. The van der Waals surface area contributed by atoms with Crippen molar-refractivity contribution in [2.24, 2.45) is 5.92 Å². The van der Waals surface area contributed by atoms with Crippen LogP contribution in [0.3, 0.4) is 0 Å². The molecule has 0 spiro atoms. The van der Waals surface area contributed by atoms with Crippen LogP contribution >= 0.6 is 15.9 Å². The van der Waals surface area contributed by atoms with Crippen LogP contribution in [0, 0.1) is 5.92 Å². The number of carbonyl (C=O) groups excluding carboxylic acids is 1. The zero-order valence-corrected chi connectivity index (χ0v) is 12.6. The van der Waals surface area contributed by atoms with Crippen molar-refractivity contribution in [2.75, 3.05) is 6.54 Å². The fourth-order valence-electron chi connectivity index (χ4n) is 3.56. The Morgan fingerprint density at radius 2 is 2.05 bits per heavy atom. The third-order valence-electron chi connectivity index (χ3n) is 4.47. The van der Waals surface area contributed by atoms with Crippen LogP contribution in [0.25, 0.3) is 0 Å². The average Bonchev–Trinajstić information content (AvgIpc) is 2.46. The summed E-state index contributed by atoms with van der Waals surface area (Å²) in [6, 6.07) is 4.19. The van der Waals surface area contributed by atoms with Gasteiger partial charge in [-0.05, 0) is 59.7 Å². The Morgan fingerprint density at radius 3 is 2.89 bits per heavy atom. The van der Waals surface area contributed by atoms with E-state index >= 15 is 0 Å². The van der Waals surface area contributed by atoms with Gasteiger partial charge in [-0.15, -0.1) is 0 Å². The van der Waals surface area contributed by atoms with E-state index in [1.165, 1.54) is 32.1 Å². The first-order valence-corrected chi connectivity index (χ1v) is 7.98. The Kier molecular flexibility index (Phi) is 3.87. The number of nitrogens with zero attached hydrogens (tertiary/aromatic N) is 2. The van der Waals surface area contributed by atoms with Crippen molar-refractivity contribution < 1.29 is 4.79 Å². The third-order valence-corrected chi connectivity index (χ3v) is 5.11. The van der Waals surface area contributed by atoms with Crippen LogP contribution in [0.1, 0.15) is 49.0 Å². The number of piperidine rings is 1. The van der Waals surface area contributed by atoms with Crippen LogP contribution in [0.2, 0.25) is 0 Å². The van der Waals surface area contributed by atoms with E-state index in [0.717, 1.165) is 17.4 Å². The van der Waals surface area contributed by atoms with Gasteiger partial charge in [0.1, 0.15) is 5.69 Å². The van der Waals surface area contributed by atoms with E-state index in [1.807, 2.05) is 12.1 Å². The molecule has 2 unspecified atom stereocenters. The molecule has 4 heteroatoms. The monoisotopic (exact) mass is 322 g/mol. The van der Waals surface area contributed by atoms with E-state index in [2.05, 4.69) is 25.8 Å². The number of amides is 1. The minimum absolute atomic E-state index is 0.101. The van der Waals surface area contributed by atoms with Crippen molar-refractivity contribution in [3.63, 3.8) is 0 Å². The molecule has 1 saturated carbocycles. The summed E-state index contributed by atoms with van der Waals surface area (Å²) in [7, 11) is 0. The largest absolute Gasteiger partial charge is 0.334 e. The summed E-state index contributed by atoms with van der Waals surface area (Å²) in [5, 5.41) is 0. The van der Waals surface area contributed by atoms with Crippen molar-refractivity contribution in [1.82, 2.24) is 9.88 Å². The molecule has 3 rings (SSSR count). The number of hydrogen-bond acceptors (Lipinski definition) is 2. The van der Waals surface area contributed by atoms with Crippen LogP contribution in [0.5, 0.6) is 0 Å². The molecule has 2 atom stereocenters. The SMILES string of the molecule is O=C(c1ncccc1Br)N1CCCC2CCCCC21. The lowest BCUT2D eigenvalue weighted by Gasteiger charge is -2.44. The molecular weight excluding hydrogens is 304 g/mol. The molecule has 2 fully saturated rings. The topological polar surface area (TPSA) is 33.2 Å². The first-order valence-electron chi connectivity index (χ1n) is 7.19. The molecule has 2 heterocycles. The van der Waals surface area contributed by atoms with Gasteiger partial charge in [0, 0.05) is 23.3 Å². The third kappa shape index (κ3) is 2.55. The van der Waals surface area contributed by atoms with Crippen LogP contribution in [0.15, 0.2) is 22.8 Å². The van der Waals surface area contributed by atoms with Gasteiger partial charge in [-0.1, -0.05) is 12.8 Å². The number of likely N-dealkylation sites (tertiary alicyclic amines) is 1. The number of carbonyl (C=O) groups is 1. The maximum atomic E-state index is 12.7. The van der Waals surface area contributed by atoms with Crippen LogP contribution in [0.4, 0.5) is 0 Å². The number of rotatable bonds is 1. The summed E-state index contributed by atoms with van der Waals surface area (Å²) < 4.78 is 0.804. The van der Waals surface area contributed by atoms with Gasteiger partial charge in [-0.25, -0.2) is 4.98 Å². The second-order valence-electron chi connectivity index (χ2n) is 5.59. The van der Waals surface area contributed by atoms with E-state index < -0.39 is 0 Å². The van der Waals surface area contributed by atoms with Crippen LogP contribution in [-0.4, -0.2) is 28.4 Å². The van der Waals surface area contributed by atoms with Gasteiger partial charge in [0.05, 0.1) is 0 Å². The van der Waals surface area contributed by atoms with Crippen molar-refractivity contribution in [2.45, 2.75) is 44.6 Å². The van der Waals surface area contributed by atoms with Crippen LogP contribution < -0.4 is 0 Å². The maximum absolute atomic E-state index is 12.7. The molecule has 0 radical (unpaired) electrons.